The fourth-order valence-electron chi connectivity index (χ4n) is 2.41. The van der Waals surface area contributed by atoms with Crippen LogP contribution in [0.2, 0.25) is 0 Å². The molecule has 0 aromatic rings. The number of nitriles is 1. The summed E-state index contributed by atoms with van der Waals surface area (Å²) in [5.41, 5.74) is -0.0759. The van der Waals surface area contributed by atoms with Gasteiger partial charge in [0.25, 0.3) is 0 Å². The SMILES string of the molecule is CC(C)COCCC1(C#N)CCCCCC1. The average molecular weight is 223 g/mol. The van der Waals surface area contributed by atoms with E-state index in [4.69, 9.17) is 4.74 Å². The maximum absolute atomic E-state index is 9.37. The molecule has 0 unspecified atom stereocenters. The van der Waals surface area contributed by atoms with Gasteiger partial charge in [0.1, 0.15) is 0 Å². The second-order valence-corrected chi connectivity index (χ2v) is 5.53. The Kier molecular flexibility index (Phi) is 5.84. The van der Waals surface area contributed by atoms with Gasteiger partial charge in [-0.15, -0.1) is 0 Å². The van der Waals surface area contributed by atoms with Gasteiger partial charge in [-0.05, 0) is 25.2 Å². The predicted octanol–water partition coefficient (Wildman–Crippen LogP) is 3.91. The summed E-state index contributed by atoms with van der Waals surface area (Å²) >= 11 is 0. The molecule has 0 bridgehead atoms. The molecule has 0 heterocycles. The van der Waals surface area contributed by atoms with Gasteiger partial charge in [-0.1, -0.05) is 39.5 Å². The number of rotatable bonds is 5. The molecule has 0 N–H and O–H groups in total. The van der Waals surface area contributed by atoms with Gasteiger partial charge in [0.15, 0.2) is 0 Å². The Labute approximate surface area is 100.0 Å². The summed E-state index contributed by atoms with van der Waals surface area (Å²) in [6.07, 6.45) is 8.13. The fourth-order valence-corrected chi connectivity index (χ4v) is 2.41. The Bertz CT molecular complexity index is 221. The second kappa shape index (κ2) is 6.91. The standard InChI is InChI=1S/C14H25NO/c1-13(2)11-16-10-9-14(12-15)7-5-3-4-6-8-14/h13H,3-11H2,1-2H3. The smallest absolute Gasteiger partial charge is 0.0690 e. The van der Waals surface area contributed by atoms with E-state index in [0.29, 0.717) is 5.92 Å². The highest BCUT2D eigenvalue weighted by atomic mass is 16.5. The summed E-state index contributed by atoms with van der Waals surface area (Å²) in [7, 11) is 0. The first-order valence-corrected chi connectivity index (χ1v) is 6.67. The van der Waals surface area contributed by atoms with Crippen molar-refractivity contribution in [3.63, 3.8) is 0 Å². The van der Waals surface area contributed by atoms with Gasteiger partial charge < -0.3 is 4.74 Å². The van der Waals surface area contributed by atoms with Crippen LogP contribution in [0.1, 0.15) is 58.8 Å². The molecule has 0 radical (unpaired) electrons. The van der Waals surface area contributed by atoms with Crippen LogP contribution in [0.25, 0.3) is 0 Å². The van der Waals surface area contributed by atoms with Gasteiger partial charge in [0.2, 0.25) is 0 Å². The minimum absolute atomic E-state index is 0.0759. The Balaban J connectivity index is 2.32. The second-order valence-electron chi connectivity index (χ2n) is 5.53. The van der Waals surface area contributed by atoms with E-state index >= 15 is 0 Å². The first-order chi connectivity index (χ1) is 7.68. The quantitative estimate of drug-likeness (QED) is 0.523. The Morgan fingerprint density at radius 3 is 2.31 bits per heavy atom. The lowest BCUT2D eigenvalue weighted by Gasteiger charge is -2.24. The molecule has 0 aromatic carbocycles. The molecule has 1 aliphatic rings. The summed E-state index contributed by atoms with van der Waals surface area (Å²) in [6, 6.07) is 2.57. The molecule has 0 aliphatic heterocycles. The average Bonchev–Trinajstić information content (AvgIpc) is 2.50. The molecule has 1 aliphatic carbocycles. The van der Waals surface area contributed by atoms with Crippen LogP contribution in [0.3, 0.4) is 0 Å². The van der Waals surface area contributed by atoms with Crippen LogP contribution < -0.4 is 0 Å². The summed E-state index contributed by atoms with van der Waals surface area (Å²) in [5, 5.41) is 9.37. The zero-order valence-corrected chi connectivity index (χ0v) is 10.8. The van der Waals surface area contributed by atoms with Crippen molar-refractivity contribution in [1.82, 2.24) is 0 Å². The van der Waals surface area contributed by atoms with Crippen molar-refractivity contribution in [2.75, 3.05) is 13.2 Å². The zero-order chi connectivity index (χ0) is 11.9. The zero-order valence-electron chi connectivity index (χ0n) is 10.8. The van der Waals surface area contributed by atoms with Gasteiger partial charge in [-0.25, -0.2) is 0 Å². The van der Waals surface area contributed by atoms with E-state index in [0.717, 1.165) is 32.5 Å². The van der Waals surface area contributed by atoms with E-state index in [1.165, 1.54) is 25.7 Å². The molecule has 92 valence electrons. The summed E-state index contributed by atoms with van der Waals surface area (Å²) in [6.45, 7) is 5.89. The molecule has 1 rings (SSSR count). The first-order valence-electron chi connectivity index (χ1n) is 6.67. The van der Waals surface area contributed by atoms with Crippen LogP contribution in [-0.4, -0.2) is 13.2 Å². The Morgan fingerprint density at radius 2 is 1.81 bits per heavy atom. The van der Waals surface area contributed by atoms with Crippen molar-refractivity contribution in [1.29, 1.82) is 5.26 Å². The Morgan fingerprint density at radius 1 is 1.19 bits per heavy atom. The molecule has 1 saturated carbocycles. The lowest BCUT2D eigenvalue weighted by molar-refractivity contribution is 0.0849. The molecular formula is C14H25NO. The van der Waals surface area contributed by atoms with Crippen molar-refractivity contribution in [3.05, 3.63) is 0 Å². The first kappa shape index (κ1) is 13.5. The van der Waals surface area contributed by atoms with E-state index in [1.54, 1.807) is 0 Å². The maximum Gasteiger partial charge on any atom is 0.0690 e. The molecule has 0 saturated heterocycles. The number of hydrogen-bond donors (Lipinski definition) is 0. The molecule has 0 spiro atoms. The number of hydrogen-bond acceptors (Lipinski definition) is 2. The topological polar surface area (TPSA) is 33.0 Å². The summed E-state index contributed by atoms with van der Waals surface area (Å²) in [4.78, 5) is 0. The molecule has 1 fully saturated rings. The van der Waals surface area contributed by atoms with E-state index in [2.05, 4.69) is 19.9 Å². The molecule has 0 atom stereocenters. The molecular weight excluding hydrogens is 198 g/mol. The third-order valence-electron chi connectivity index (χ3n) is 3.47. The minimum atomic E-state index is -0.0759. The highest BCUT2D eigenvalue weighted by Crippen LogP contribution is 2.37. The molecule has 16 heavy (non-hydrogen) atoms. The molecule has 2 heteroatoms. The van der Waals surface area contributed by atoms with Crippen molar-refractivity contribution >= 4 is 0 Å². The maximum atomic E-state index is 9.37. The Hall–Kier alpha value is -0.550. The van der Waals surface area contributed by atoms with Crippen LogP contribution in [0.4, 0.5) is 0 Å². The third-order valence-corrected chi connectivity index (χ3v) is 3.47. The number of nitrogens with zero attached hydrogens (tertiary/aromatic N) is 1. The van der Waals surface area contributed by atoms with Gasteiger partial charge in [0, 0.05) is 13.2 Å². The van der Waals surface area contributed by atoms with Crippen molar-refractivity contribution in [3.8, 4) is 6.07 Å². The fraction of sp³-hybridized carbons (Fsp3) is 0.929. The van der Waals surface area contributed by atoms with E-state index in [9.17, 15) is 5.26 Å². The van der Waals surface area contributed by atoms with Gasteiger partial charge >= 0.3 is 0 Å². The lowest BCUT2D eigenvalue weighted by atomic mass is 9.79. The lowest BCUT2D eigenvalue weighted by Crippen LogP contribution is -2.20. The van der Waals surface area contributed by atoms with Crippen LogP contribution in [0.15, 0.2) is 0 Å². The molecule has 0 aromatic heterocycles. The minimum Gasteiger partial charge on any atom is -0.381 e. The summed E-state index contributed by atoms with van der Waals surface area (Å²) in [5.74, 6) is 0.590. The van der Waals surface area contributed by atoms with Crippen LogP contribution >= 0.6 is 0 Å². The molecule has 2 nitrogen and oxygen atoms in total. The predicted molar refractivity (Wildman–Crippen MR) is 66.0 cm³/mol. The van der Waals surface area contributed by atoms with Gasteiger partial charge in [-0.3, -0.25) is 0 Å². The number of ether oxygens (including phenoxy) is 1. The van der Waals surface area contributed by atoms with Crippen LogP contribution in [0.5, 0.6) is 0 Å². The van der Waals surface area contributed by atoms with Crippen LogP contribution in [0, 0.1) is 22.7 Å². The summed E-state index contributed by atoms with van der Waals surface area (Å²) < 4.78 is 5.61. The van der Waals surface area contributed by atoms with E-state index < -0.39 is 0 Å². The highest BCUT2D eigenvalue weighted by molar-refractivity contribution is 4.99. The normalized spacial score (nSPS) is 20.4. The van der Waals surface area contributed by atoms with Crippen molar-refractivity contribution in [2.45, 2.75) is 58.8 Å². The van der Waals surface area contributed by atoms with Gasteiger partial charge in [0.05, 0.1) is 11.5 Å². The van der Waals surface area contributed by atoms with Crippen LogP contribution in [-0.2, 0) is 4.74 Å². The monoisotopic (exact) mass is 223 g/mol. The van der Waals surface area contributed by atoms with E-state index in [1.807, 2.05) is 0 Å². The highest BCUT2D eigenvalue weighted by Gasteiger charge is 2.30. The third kappa shape index (κ3) is 4.53. The van der Waals surface area contributed by atoms with Gasteiger partial charge in [-0.2, -0.15) is 5.26 Å². The van der Waals surface area contributed by atoms with Crippen molar-refractivity contribution < 1.29 is 4.74 Å². The largest absolute Gasteiger partial charge is 0.381 e. The molecule has 0 amide bonds. The van der Waals surface area contributed by atoms with Crippen molar-refractivity contribution in [2.24, 2.45) is 11.3 Å². The van der Waals surface area contributed by atoms with E-state index in [-0.39, 0.29) is 5.41 Å².